The van der Waals surface area contributed by atoms with Gasteiger partial charge >= 0.3 is 0 Å². The fourth-order valence-corrected chi connectivity index (χ4v) is 5.96. The van der Waals surface area contributed by atoms with Gasteiger partial charge in [0.15, 0.2) is 5.16 Å². The van der Waals surface area contributed by atoms with E-state index in [1.54, 1.807) is 15.9 Å². The van der Waals surface area contributed by atoms with Crippen molar-refractivity contribution < 1.29 is 4.79 Å². The van der Waals surface area contributed by atoms with Crippen molar-refractivity contribution in [1.29, 1.82) is 0 Å². The van der Waals surface area contributed by atoms with E-state index in [2.05, 4.69) is 28.6 Å². The molecule has 1 aliphatic heterocycles. The van der Waals surface area contributed by atoms with Gasteiger partial charge in [0.05, 0.1) is 16.7 Å². The van der Waals surface area contributed by atoms with Crippen molar-refractivity contribution in [2.24, 2.45) is 0 Å². The lowest BCUT2D eigenvalue weighted by atomic mass is 10.1. The van der Waals surface area contributed by atoms with Gasteiger partial charge in [0.2, 0.25) is 11.7 Å². The molecule has 0 bridgehead atoms. The monoisotopic (exact) mass is 467 g/mol. The number of carbonyl (C=O) groups excluding carboxylic acids is 1. The molecule has 32 heavy (non-hydrogen) atoms. The molecule has 4 aromatic rings. The number of thioether (sulfide) groups is 1. The summed E-state index contributed by atoms with van der Waals surface area (Å²) in [6.45, 7) is 4.19. The van der Waals surface area contributed by atoms with Gasteiger partial charge < -0.3 is 4.90 Å². The van der Waals surface area contributed by atoms with Crippen LogP contribution in [0.3, 0.4) is 0 Å². The highest BCUT2D eigenvalue weighted by atomic mass is 32.2. The van der Waals surface area contributed by atoms with Gasteiger partial charge in [-0.2, -0.15) is 0 Å². The number of amides is 1. The van der Waals surface area contributed by atoms with Crippen molar-refractivity contribution in [3.05, 3.63) is 56.5 Å². The van der Waals surface area contributed by atoms with Crippen LogP contribution in [-0.4, -0.2) is 42.3 Å². The Morgan fingerprint density at radius 3 is 2.94 bits per heavy atom. The topological polar surface area (TPSA) is 72.5 Å². The van der Waals surface area contributed by atoms with E-state index >= 15 is 0 Å². The van der Waals surface area contributed by atoms with E-state index in [1.165, 1.54) is 22.2 Å². The highest BCUT2D eigenvalue weighted by molar-refractivity contribution is 7.99. The summed E-state index contributed by atoms with van der Waals surface area (Å²) in [6, 6.07) is 9.66. The molecule has 0 saturated heterocycles. The quantitative estimate of drug-likeness (QED) is 0.304. The van der Waals surface area contributed by atoms with E-state index in [0.29, 0.717) is 35.2 Å². The number of aryl methyl sites for hydroxylation is 1. The number of para-hydroxylation sites is 1. The van der Waals surface area contributed by atoms with Crippen LogP contribution in [-0.2, 0) is 24.3 Å². The number of thiophene rings is 1. The average Bonchev–Trinajstić information content (AvgIpc) is 3.46. The van der Waals surface area contributed by atoms with E-state index in [9.17, 15) is 9.59 Å². The largest absolute Gasteiger partial charge is 0.337 e. The van der Waals surface area contributed by atoms with Gasteiger partial charge in [0.25, 0.3) is 5.56 Å². The summed E-state index contributed by atoms with van der Waals surface area (Å²) in [6.07, 6.45) is 3.97. The Bertz CT molecular complexity index is 1340. The van der Waals surface area contributed by atoms with E-state index in [1.807, 2.05) is 33.6 Å². The van der Waals surface area contributed by atoms with E-state index in [0.717, 1.165) is 37.7 Å². The van der Waals surface area contributed by atoms with Crippen LogP contribution in [0.15, 0.2) is 45.7 Å². The Kier molecular flexibility index (Phi) is 6.01. The predicted octanol–water partition coefficient (Wildman–Crippen LogP) is 3.97. The zero-order chi connectivity index (χ0) is 22.1. The maximum Gasteiger partial charge on any atom is 0.262 e. The second-order valence-corrected chi connectivity index (χ2v) is 9.97. The number of unbranched alkanes of at least 4 members (excludes halogenated alkanes) is 2. The zero-order valence-electron chi connectivity index (χ0n) is 18.0. The highest BCUT2D eigenvalue weighted by Crippen LogP contribution is 2.26. The molecule has 1 amide bonds. The van der Waals surface area contributed by atoms with Crippen molar-refractivity contribution in [3.63, 3.8) is 0 Å². The molecule has 5 rings (SSSR count). The lowest BCUT2D eigenvalue weighted by Crippen LogP contribution is -2.36. The van der Waals surface area contributed by atoms with Gasteiger partial charge in [-0.25, -0.2) is 0 Å². The van der Waals surface area contributed by atoms with Crippen LogP contribution in [0.25, 0.3) is 16.7 Å². The summed E-state index contributed by atoms with van der Waals surface area (Å²) >= 11 is 3.15. The Hall–Kier alpha value is -2.65. The number of rotatable bonds is 7. The second kappa shape index (κ2) is 9.07. The van der Waals surface area contributed by atoms with E-state index < -0.39 is 0 Å². The fourth-order valence-electron chi connectivity index (χ4n) is 4.23. The summed E-state index contributed by atoms with van der Waals surface area (Å²) in [5.41, 5.74) is 2.00. The molecule has 0 fully saturated rings. The minimum atomic E-state index is -0.0379. The maximum absolute atomic E-state index is 13.1. The minimum absolute atomic E-state index is 0.0379. The average molecular weight is 468 g/mol. The third-order valence-corrected chi connectivity index (χ3v) is 7.89. The number of hydrogen-bond acceptors (Lipinski definition) is 6. The van der Waals surface area contributed by atoms with Crippen LogP contribution in [0.4, 0.5) is 0 Å². The molecule has 166 valence electrons. The summed E-state index contributed by atoms with van der Waals surface area (Å²) in [5.74, 6) is 0.939. The van der Waals surface area contributed by atoms with Gasteiger partial charge in [-0.3, -0.25) is 18.6 Å². The van der Waals surface area contributed by atoms with Crippen molar-refractivity contribution in [1.82, 2.24) is 24.1 Å². The van der Waals surface area contributed by atoms with Crippen molar-refractivity contribution >= 4 is 45.7 Å². The van der Waals surface area contributed by atoms with Crippen LogP contribution < -0.4 is 5.56 Å². The third kappa shape index (κ3) is 3.84. The first-order chi connectivity index (χ1) is 15.7. The standard InChI is InChI=1S/C23H25N5O2S2/c1-2-3-6-11-27-21(30)17-7-4-5-8-18(17)28-22(27)24-25-23(28)32-15-20(29)26-12-9-19-16(14-26)10-13-31-19/h4-5,7-8,10,13H,2-3,6,9,11-12,14-15H2,1H3. The summed E-state index contributed by atoms with van der Waals surface area (Å²) in [7, 11) is 0. The van der Waals surface area contributed by atoms with Crippen LogP contribution in [0.2, 0.25) is 0 Å². The van der Waals surface area contributed by atoms with Crippen molar-refractivity contribution in [2.75, 3.05) is 12.3 Å². The Balaban J connectivity index is 1.43. The number of carbonyl (C=O) groups is 1. The minimum Gasteiger partial charge on any atom is -0.337 e. The lowest BCUT2D eigenvalue weighted by molar-refractivity contribution is -0.129. The first-order valence-electron chi connectivity index (χ1n) is 11.0. The number of aromatic nitrogens is 4. The van der Waals surface area contributed by atoms with Crippen LogP contribution in [0, 0.1) is 0 Å². The number of hydrogen-bond donors (Lipinski definition) is 0. The van der Waals surface area contributed by atoms with Gasteiger partial charge in [0, 0.05) is 24.5 Å². The second-order valence-electron chi connectivity index (χ2n) is 8.02. The Morgan fingerprint density at radius 1 is 1.19 bits per heavy atom. The molecule has 1 aliphatic rings. The molecule has 0 unspecified atom stereocenters. The van der Waals surface area contributed by atoms with Crippen molar-refractivity contribution in [2.45, 2.75) is 50.9 Å². The highest BCUT2D eigenvalue weighted by Gasteiger charge is 2.23. The summed E-state index contributed by atoms with van der Waals surface area (Å²) in [4.78, 5) is 29.3. The molecule has 0 atom stereocenters. The van der Waals surface area contributed by atoms with Crippen LogP contribution in [0.1, 0.15) is 36.6 Å². The van der Waals surface area contributed by atoms with Crippen LogP contribution in [0.5, 0.6) is 0 Å². The SMILES string of the molecule is CCCCCn1c(=O)c2ccccc2n2c(SCC(=O)N3CCc4sccc4C3)nnc12. The molecule has 9 heteroatoms. The van der Waals surface area contributed by atoms with Crippen molar-refractivity contribution in [3.8, 4) is 0 Å². The molecule has 1 aromatic carbocycles. The normalized spacial score (nSPS) is 13.7. The van der Waals surface area contributed by atoms with Gasteiger partial charge in [-0.05, 0) is 42.0 Å². The van der Waals surface area contributed by atoms with Gasteiger partial charge in [0.1, 0.15) is 0 Å². The zero-order valence-corrected chi connectivity index (χ0v) is 19.6. The number of nitrogens with zero attached hydrogens (tertiary/aromatic N) is 5. The first-order valence-corrected chi connectivity index (χ1v) is 12.9. The Morgan fingerprint density at radius 2 is 2.06 bits per heavy atom. The number of fused-ring (bicyclic) bond motifs is 4. The molecule has 0 N–H and O–H groups in total. The third-order valence-electron chi connectivity index (χ3n) is 5.95. The lowest BCUT2D eigenvalue weighted by Gasteiger charge is -2.26. The molecule has 0 aliphatic carbocycles. The molecule has 3 aromatic heterocycles. The number of benzene rings is 1. The molecular formula is C23H25N5O2S2. The van der Waals surface area contributed by atoms with E-state index in [-0.39, 0.29) is 11.5 Å². The Labute approximate surface area is 194 Å². The fraction of sp³-hybridized carbons (Fsp3) is 0.391. The van der Waals surface area contributed by atoms with Crippen LogP contribution >= 0.6 is 23.1 Å². The molecule has 7 nitrogen and oxygen atoms in total. The van der Waals surface area contributed by atoms with E-state index in [4.69, 9.17) is 0 Å². The molecule has 4 heterocycles. The smallest absolute Gasteiger partial charge is 0.262 e. The first kappa shape index (κ1) is 21.2. The summed E-state index contributed by atoms with van der Waals surface area (Å²) in [5, 5.41) is 12.1. The van der Waals surface area contributed by atoms with Gasteiger partial charge in [-0.15, -0.1) is 21.5 Å². The molecule has 0 saturated carbocycles. The predicted molar refractivity (Wildman–Crippen MR) is 128 cm³/mol. The molecule has 0 radical (unpaired) electrons. The molecule has 0 spiro atoms. The molecular weight excluding hydrogens is 442 g/mol. The maximum atomic E-state index is 13.1. The van der Waals surface area contributed by atoms with Gasteiger partial charge in [-0.1, -0.05) is 43.7 Å². The summed E-state index contributed by atoms with van der Waals surface area (Å²) < 4.78 is 3.65.